The van der Waals surface area contributed by atoms with Crippen LogP contribution in [0.4, 0.5) is 4.79 Å². The largest absolute Gasteiger partial charge is 0.480 e. The molecular weight excluding hydrogens is 238 g/mol. The van der Waals surface area contributed by atoms with E-state index in [0.29, 0.717) is 19.5 Å². The van der Waals surface area contributed by atoms with Gasteiger partial charge >= 0.3 is 12.0 Å². The molecule has 0 aliphatic carbocycles. The number of carboxylic acid groups (broad SMARTS) is 1. The monoisotopic (exact) mass is 251 g/mol. The third kappa shape index (κ3) is 3.35. The Morgan fingerprint density at radius 3 is 2.56 bits per heavy atom. The average Bonchev–Trinajstić information content (AvgIpc) is 2.42. The van der Waals surface area contributed by atoms with Crippen molar-refractivity contribution in [3.05, 3.63) is 0 Å². The van der Waals surface area contributed by atoms with Gasteiger partial charge in [-0.1, -0.05) is 0 Å². The van der Waals surface area contributed by atoms with Crippen LogP contribution >= 0.6 is 12.4 Å². The van der Waals surface area contributed by atoms with Gasteiger partial charge < -0.3 is 15.7 Å². The van der Waals surface area contributed by atoms with E-state index in [2.05, 4.69) is 0 Å². The summed E-state index contributed by atoms with van der Waals surface area (Å²) >= 11 is 0. The Hall–Kier alpha value is -1.34. The van der Waals surface area contributed by atoms with Crippen LogP contribution in [0, 0.1) is 0 Å². The van der Waals surface area contributed by atoms with Crippen molar-refractivity contribution in [2.75, 3.05) is 26.2 Å². The molecule has 3 N–H and O–H groups in total. The van der Waals surface area contributed by atoms with E-state index in [9.17, 15) is 14.4 Å². The fourth-order valence-corrected chi connectivity index (χ4v) is 1.34. The molecule has 1 heterocycles. The molecule has 1 rings (SSSR count). The molecule has 0 spiro atoms. The van der Waals surface area contributed by atoms with Crippen LogP contribution in [-0.4, -0.2) is 59.0 Å². The number of carbonyl (C=O) groups excluding carboxylic acids is 2. The van der Waals surface area contributed by atoms with E-state index in [1.54, 1.807) is 0 Å². The van der Waals surface area contributed by atoms with Gasteiger partial charge in [0.05, 0.1) is 0 Å². The lowest BCUT2D eigenvalue weighted by Gasteiger charge is -2.14. The SMILES string of the molecule is Cl.NCCCN1CC(=O)N(CC(=O)O)C1=O. The maximum absolute atomic E-state index is 11.5. The smallest absolute Gasteiger partial charge is 0.327 e. The third-order valence-electron chi connectivity index (χ3n) is 2.05. The van der Waals surface area contributed by atoms with E-state index in [1.165, 1.54) is 4.90 Å². The van der Waals surface area contributed by atoms with Crippen LogP contribution in [0.25, 0.3) is 0 Å². The number of nitrogens with two attached hydrogens (primary N) is 1. The fourth-order valence-electron chi connectivity index (χ4n) is 1.34. The third-order valence-corrected chi connectivity index (χ3v) is 2.05. The van der Waals surface area contributed by atoms with Gasteiger partial charge in [-0.3, -0.25) is 14.5 Å². The minimum atomic E-state index is -1.20. The Kier molecular flexibility index (Phi) is 5.76. The van der Waals surface area contributed by atoms with Crippen molar-refractivity contribution >= 4 is 30.3 Å². The number of urea groups is 1. The lowest BCUT2D eigenvalue weighted by molar-refractivity contribution is -0.141. The van der Waals surface area contributed by atoms with Crippen LogP contribution in [0.5, 0.6) is 0 Å². The Bertz CT molecular complexity index is 297. The highest BCUT2D eigenvalue weighted by atomic mass is 35.5. The number of amides is 3. The van der Waals surface area contributed by atoms with Crippen LogP contribution in [-0.2, 0) is 9.59 Å². The number of aliphatic carboxylic acids is 1. The first kappa shape index (κ1) is 14.7. The molecule has 1 saturated heterocycles. The van der Waals surface area contributed by atoms with Crippen molar-refractivity contribution in [2.45, 2.75) is 6.42 Å². The minimum absolute atomic E-state index is 0. The molecule has 0 aromatic carbocycles. The molecular formula is C8H14ClN3O4. The first-order valence-corrected chi connectivity index (χ1v) is 4.57. The molecule has 1 fully saturated rings. The van der Waals surface area contributed by atoms with Gasteiger partial charge in [0.1, 0.15) is 13.1 Å². The fraction of sp³-hybridized carbons (Fsp3) is 0.625. The van der Waals surface area contributed by atoms with Crippen molar-refractivity contribution in [3.8, 4) is 0 Å². The summed E-state index contributed by atoms with van der Waals surface area (Å²) in [7, 11) is 0. The second kappa shape index (κ2) is 6.29. The van der Waals surface area contributed by atoms with Gasteiger partial charge in [-0.15, -0.1) is 12.4 Å². The zero-order valence-corrected chi connectivity index (χ0v) is 9.40. The second-order valence-electron chi connectivity index (χ2n) is 3.22. The van der Waals surface area contributed by atoms with Crippen molar-refractivity contribution < 1.29 is 19.5 Å². The zero-order chi connectivity index (χ0) is 11.4. The molecule has 92 valence electrons. The number of carboxylic acids is 1. The van der Waals surface area contributed by atoms with Gasteiger partial charge in [-0.05, 0) is 13.0 Å². The molecule has 1 aliphatic heterocycles. The van der Waals surface area contributed by atoms with Crippen LogP contribution in [0.15, 0.2) is 0 Å². The molecule has 0 aromatic rings. The summed E-state index contributed by atoms with van der Waals surface area (Å²) in [6, 6.07) is -0.546. The maximum atomic E-state index is 11.5. The van der Waals surface area contributed by atoms with E-state index in [0.717, 1.165) is 4.90 Å². The maximum Gasteiger partial charge on any atom is 0.327 e. The highest BCUT2D eigenvalue weighted by molar-refractivity contribution is 6.03. The summed E-state index contributed by atoms with van der Waals surface area (Å²) in [5, 5.41) is 8.49. The number of rotatable bonds is 5. The number of hydrogen-bond acceptors (Lipinski definition) is 4. The molecule has 0 atom stereocenters. The van der Waals surface area contributed by atoms with Crippen molar-refractivity contribution in [3.63, 3.8) is 0 Å². The lowest BCUT2D eigenvalue weighted by Crippen LogP contribution is -2.37. The molecule has 0 aromatic heterocycles. The van der Waals surface area contributed by atoms with E-state index >= 15 is 0 Å². The first-order chi connectivity index (χ1) is 7.06. The van der Waals surface area contributed by atoms with Gasteiger partial charge in [0.2, 0.25) is 0 Å². The van der Waals surface area contributed by atoms with Gasteiger partial charge in [0.25, 0.3) is 5.91 Å². The topological polar surface area (TPSA) is 104 Å². The highest BCUT2D eigenvalue weighted by Gasteiger charge is 2.36. The molecule has 1 aliphatic rings. The highest BCUT2D eigenvalue weighted by Crippen LogP contribution is 2.09. The molecule has 8 heteroatoms. The molecule has 0 bridgehead atoms. The van der Waals surface area contributed by atoms with E-state index in [1.807, 2.05) is 0 Å². The van der Waals surface area contributed by atoms with Crippen LogP contribution in [0.3, 0.4) is 0 Å². The van der Waals surface area contributed by atoms with E-state index < -0.39 is 24.5 Å². The summed E-state index contributed by atoms with van der Waals surface area (Å²) in [5.74, 6) is -1.67. The number of carbonyl (C=O) groups is 3. The summed E-state index contributed by atoms with van der Waals surface area (Å²) in [4.78, 5) is 35.2. The normalized spacial score (nSPS) is 15.3. The molecule has 0 saturated carbocycles. The quantitative estimate of drug-likeness (QED) is 0.617. The van der Waals surface area contributed by atoms with Crippen LogP contribution < -0.4 is 5.73 Å². The van der Waals surface area contributed by atoms with Crippen LogP contribution in [0.2, 0.25) is 0 Å². The van der Waals surface area contributed by atoms with Gasteiger partial charge in [-0.25, -0.2) is 4.79 Å². The molecule has 7 nitrogen and oxygen atoms in total. The predicted molar refractivity (Wildman–Crippen MR) is 57.2 cm³/mol. The summed E-state index contributed by atoms with van der Waals surface area (Å²) < 4.78 is 0. The average molecular weight is 252 g/mol. The Balaban J connectivity index is 0.00000225. The summed E-state index contributed by atoms with van der Waals surface area (Å²) in [5.41, 5.74) is 5.27. The molecule has 16 heavy (non-hydrogen) atoms. The number of halogens is 1. The zero-order valence-electron chi connectivity index (χ0n) is 8.59. The lowest BCUT2D eigenvalue weighted by atomic mass is 10.4. The van der Waals surface area contributed by atoms with Gasteiger partial charge in [0.15, 0.2) is 0 Å². The summed E-state index contributed by atoms with van der Waals surface area (Å²) in [6.45, 7) is 0.191. The molecule has 3 amide bonds. The van der Waals surface area contributed by atoms with Crippen molar-refractivity contribution in [1.82, 2.24) is 9.80 Å². The number of nitrogens with zero attached hydrogens (tertiary/aromatic N) is 2. The number of imide groups is 1. The van der Waals surface area contributed by atoms with Gasteiger partial charge in [0, 0.05) is 6.54 Å². The Morgan fingerprint density at radius 2 is 2.06 bits per heavy atom. The standard InChI is InChI=1S/C8H13N3O4.ClH/c9-2-1-3-10-4-6(12)11(8(10)15)5-7(13)14;/h1-5,9H2,(H,13,14);1H. The van der Waals surface area contributed by atoms with Crippen molar-refractivity contribution in [2.24, 2.45) is 5.73 Å². The van der Waals surface area contributed by atoms with Crippen LogP contribution in [0.1, 0.15) is 6.42 Å². The summed E-state index contributed by atoms with van der Waals surface area (Å²) in [6.07, 6.45) is 0.597. The number of hydrogen-bond donors (Lipinski definition) is 2. The minimum Gasteiger partial charge on any atom is -0.480 e. The first-order valence-electron chi connectivity index (χ1n) is 4.57. The molecule has 0 unspecified atom stereocenters. The van der Waals surface area contributed by atoms with E-state index in [4.69, 9.17) is 10.8 Å². The Morgan fingerprint density at radius 1 is 1.44 bits per heavy atom. The molecule has 0 radical (unpaired) electrons. The predicted octanol–water partition coefficient (Wildman–Crippen LogP) is -0.894. The van der Waals surface area contributed by atoms with E-state index in [-0.39, 0.29) is 19.0 Å². The van der Waals surface area contributed by atoms with Crippen molar-refractivity contribution in [1.29, 1.82) is 0 Å². The van der Waals surface area contributed by atoms with Gasteiger partial charge in [-0.2, -0.15) is 0 Å². The Labute approximate surface area is 98.6 Å². The second-order valence-corrected chi connectivity index (χ2v) is 3.22.